The molecule has 114 valence electrons. The lowest BCUT2D eigenvalue weighted by Crippen LogP contribution is -2.63. The second-order valence-electron chi connectivity index (χ2n) is 5.16. The second kappa shape index (κ2) is 6.65. The Morgan fingerprint density at radius 3 is 2.64 bits per heavy atom. The lowest BCUT2D eigenvalue weighted by atomic mass is 9.92. The molecular weight excluding hydrogens is 286 g/mol. The SMILES string of the molecule is [N-]=[N+]=N[C@H]1[C@@H]2O[C@H](c3ccccc3)OC[C@H]2NC[C@@H]1N=[N+]=[N-]. The van der Waals surface area contributed by atoms with Crippen molar-refractivity contribution >= 4 is 0 Å². The average molecular weight is 301 g/mol. The fourth-order valence-electron chi connectivity index (χ4n) is 2.83. The fraction of sp³-hybridized carbons (Fsp3) is 0.538. The van der Waals surface area contributed by atoms with E-state index in [0.29, 0.717) is 13.2 Å². The standard InChI is InChI=1S/C13H15N7O2/c14-19-17-9-6-16-10-7-21-13(8-4-2-1-3-5-8)22-12(10)11(9)18-20-15/h1-5,9-13,16H,6-7H2/t9-,10+,11+,12+,13+/m0/s1. The van der Waals surface area contributed by atoms with Crippen LogP contribution < -0.4 is 5.32 Å². The zero-order chi connectivity index (χ0) is 15.4. The molecule has 1 aromatic carbocycles. The van der Waals surface area contributed by atoms with Crippen LogP contribution in [0, 0.1) is 0 Å². The van der Waals surface area contributed by atoms with Gasteiger partial charge in [-0.25, -0.2) is 0 Å². The van der Waals surface area contributed by atoms with E-state index in [-0.39, 0.29) is 6.04 Å². The number of piperidine rings is 1. The van der Waals surface area contributed by atoms with Gasteiger partial charge in [0.2, 0.25) is 0 Å². The third kappa shape index (κ3) is 2.85. The molecule has 0 amide bonds. The molecule has 22 heavy (non-hydrogen) atoms. The molecule has 0 spiro atoms. The first-order valence-electron chi connectivity index (χ1n) is 6.97. The van der Waals surface area contributed by atoms with Crippen LogP contribution in [0.2, 0.25) is 0 Å². The smallest absolute Gasteiger partial charge is 0.184 e. The quantitative estimate of drug-likeness (QED) is 0.523. The van der Waals surface area contributed by atoms with E-state index in [9.17, 15) is 0 Å². The number of fused-ring (bicyclic) bond motifs is 1. The number of rotatable bonds is 3. The Morgan fingerprint density at radius 1 is 1.14 bits per heavy atom. The van der Waals surface area contributed by atoms with Crippen LogP contribution >= 0.6 is 0 Å². The van der Waals surface area contributed by atoms with Gasteiger partial charge >= 0.3 is 0 Å². The van der Waals surface area contributed by atoms with E-state index in [0.717, 1.165) is 5.56 Å². The Hall–Kier alpha value is -2.28. The van der Waals surface area contributed by atoms with Crippen LogP contribution in [-0.4, -0.2) is 37.4 Å². The molecule has 5 atom stereocenters. The molecule has 0 saturated carbocycles. The summed E-state index contributed by atoms with van der Waals surface area (Å²) >= 11 is 0. The van der Waals surface area contributed by atoms with E-state index in [1.165, 1.54) is 0 Å². The van der Waals surface area contributed by atoms with Gasteiger partial charge in [-0.1, -0.05) is 40.6 Å². The Bertz CT molecular complexity index is 612. The summed E-state index contributed by atoms with van der Waals surface area (Å²) in [5, 5.41) is 10.7. The van der Waals surface area contributed by atoms with Gasteiger partial charge in [0.15, 0.2) is 6.29 Å². The van der Waals surface area contributed by atoms with Crippen molar-refractivity contribution in [2.45, 2.75) is 30.5 Å². The van der Waals surface area contributed by atoms with Gasteiger partial charge in [0.25, 0.3) is 0 Å². The molecule has 9 heteroatoms. The number of ether oxygens (including phenoxy) is 2. The average Bonchev–Trinajstić information content (AvgIpc) is 2.57. The van der Waals surface area contributed by atoms with Crippen LogP contribution in [0.3, 0.4) is 0 Å². The Labute approximate surface area is 126 Å². The highest BCUT2D eigenvalue weighted by Gasteiger charge is 2.44. The minimum atomic E-state index is -0.553. The molecule has 1 aromatic rings. The van der Waals surface area contributed by atoms with Crippen molar-refractivity contribution in [2.75, 3.05) is 13.2 Å². The van der Waals surface area contributed by atoms with Gasteiger partial charge < -0.3 is 14.8 Å². The molecule has 0 radical (unpaired) electrons. The summed E-state index contributed by atoms with van der Waals surface area (Å²) in [7, 11) is 0. The highest BCUT2D eigenvalue weighted by molar-refractivity contribution is 5.17. The normalized spacial score (nSPS) is 33.9. The molecule has 2 fully saturated rings. The molecule has 2 aliphatic rings. The van der Waals surface area contributed by atoms with Gasteiger partial charge in [0.1, 0.15) is 0 Å². The van der Waals surface area contributed by atoms with Crippen LogP contribution in [0.25, 0.3) is 20.9 Å². The van der Waals surface area contributed by atoms with Gasteiger partial charge in [-0.2, -0.15) is 0 Å². The molecule has 0 bridgehead atoms. The minimum absolute atomic E-state index is 0.0967. The summed E-state index contributed by atoms with van der Waals surface area (Å²) < 4.78 is 11.7. The summed E-state index contributed by atoms with van der Waals surface area (Å²) in [6.45, 7) is 0.863. The topological polar surface area (TPSA) is 128 Å². The molecule has 3 rings (SSSR count). The number of hydrogen-bond donors (Lipinski definition) is 1. The maximum Gasteiger partial charge on any atom is 0.184 e. The maximum absolute atomic E-state index is 8.79. The monoisotopic (exact) mass is 301 g/mol. The predicted octanol–water partition coefficient (Wildman–Crippen LogP) is 2.43. The Balaban J connectivity index is 1.83. The van der Waals surface area contributed by atoms with E-state index < -0.39 is 24.5 Å². The molecule has 1 N–H and O–H groups in total. The maximum atomic E-state index is 8.79. The zero-order valence-electron chi connectivity index (χ0n) is 11.7. The van der Waals surface area contributed by atoms with Crippen LogP contribution in [0.15, 0.2) is 40.6 Å². The van der Waals surface area contributed by atoms with Crippen LogP contribution in [0.1, 0.15) is 11.9 Å². The first-order chi connectivity index (χ1) is 10.8. The highest BCUT2D eigenvalue weighted by Crippen LogP contribution is 2.32. The molecule has 0 aromatic heterocycles. The minimum Gasteiger partial charge on any atom is -0.347 e. The third-order valence-corrected chi connectivity index (χ3v) is 3.88. The van der Waals surface area contributed by atoms with Gasteiger partial charge in [-0.3, -0.25) is 0 Å². The van der Waals surface area contributed by atoms with E-state index in [4.69, 9.17) is 20.5 Å². The molecule has 2 aliphatic heterocycles. The largest absolute Gasteiger partial charge is 0.347 e. The van der Waals surface area contributed by atoms with Gasteiger partial charge in [-0.05, 0) is 11.1 Å². The molecule has 0 unspecified atom stereocenters. The Morgan fingerprint density at radius 2 is 1.91 bits per heavy atom. The number of benzene rings is 1. The van der Waals surface area contributed by atoms with Crippen LogP contribution in [0.5, 0.6) is 0 Å². The van der Waals surface area contributed by atoms with E-state index in [1.807, 2.05) is 30.3 Å². The van der Waals surface area contributed by atoms with E-state index >= 15 is 0 Å². The van der Waals surface area contributed by atoms with Gasteiger partial charge in [-0.15, -0.1) is 0 Å². The number of azide groups is 2. The zero-order valence-corrected chi connectivity index (χ0v) is 11.7. The van der Waals surface area contributed by atoms with Crippen molar-refractivity contribution in [3.8, 4) is 0 Å². The second-order valence-corrected chi connectivity index (χ2v) is 5.16. The third-order valence-electron chi connectivity index (χ3n) is 3.88. The van der Waals surface area contributed by atoms with Crippen molar-refractivity contribution in [3.63, 3.8) is 0 Å². The summed E-state index contributed by atoms with van der Waals surface area (Å²) in [5.74, 6) is 0. The fourth-order valence-corrected chi connectivity index (χ4v) is 2.83. The van der Waals surface area contributed by atoms with Crippen LogP contribution in [0.4, 0.5) is 0 Å². The van der Waals surface area contributed by atoms with Crippen LogP contribution in [-0.2, 0) is 9.47 Å². The van der Waals surface area contributed by atoms with Crippen molar-refractivity contribution in [3.05, 3.63) is 56.8 Å². The number of hydrogen-bond acceptors (Lipinski definition) is 5. The molecule has 9 nitrogen and oxygen atoms in total. The lowest BCUT2D eigenvalue weighted by Gasteiger charge is -2.44. The lowest BCUT2D eigenvalue weighted by molar-refractivity contribution is -0.239. The molecule has 2 heterocycles. The molecular formula is C13H15N7O2. The first kappa shape index (κ1) is 14.6. The van der Waals surface area contributed by atoms with Crippen molar-refractivity contribution in [2.24, 2.45) is 10.2 Å². The Kier molecular flexibility index (Phi) is 4.43. The van der Waals surface area contributed by atoms with Gasteiger partial charge in [0, 0.05) is 21.9 Å². The number of nitrogens with zero attached hydrogens (tertiary/aromatic N) is 6. The highest BCUT2D eigenvalue weighted by atomic mass is 16.7. The number of nitrogens with one attached hydrogen (secondary N) is 1. The van der Waals surface area contributed by atoms with Crippen molar-refractivity contribution < 1.29 is 9.47 Å². The summed E-state index contributed by atoms with van der Waals surface area (Å²) in [6.07, 6.45) is -0.926. The van der Waals surface area contributed by atoms with Crippen molar-refractivity contribution in [1.82, 2.24) is 5.32 Å². The van der Waals surface area contributed by atoms with E-state index in [1.54, 1.807) is 0 Å². The van der Waals surface area contributed by atoms with Gasteiger partial charge in [0.05, 0.1) is 30.8 Å². The molecule has 2 saturated heterocycles. The summed E-state index contributed by atoms with van der Waals surface area (Å²) in [6, 6.07) is 8.42. The first-order valence-corrected chi connectivity index (χ1v) is 6.97. The predicted molar refractivity (Wildman–Crippen MR) is 77.7 cm³/mol. The summed E-state index contributed by atoms with van der Waals surface area (Å²) in [4.78, 5) is 5.70. The molecule has 0 aliphatic carbocycles. The summed E-state index contributed by atoms with van der Waals surface area (Å²) in [5.41, 5.74) is 18.3. The van der Waals surface area contributed by atoms with Crippen molar-refractivity contribution in [1.29, 1.82) is 0 Å². The van der Waals surface area contributed by atoms with E-state index in [2.05, 4.69) is 25.4 Å².